The zero-order chi connectivity index (χ0) is 20.6. The zero-order valence-corrected chi connectivity index (χ0v) is 17.3. The second-order valence-corrected chi connectivity index (χ2v) is 9.94. The van der Waals surface area contributed by atoms with Gasteiger partial charge >= 0.3 is 0 Å². The maximum Gasteiger partial charge on any atom is 0.224 e. The van der Waals surface area contributed by atoms with Gasteiger partial charge in [-0.1, -0.05) is 18.2 Å². The first kappa shape index (κ1) is 20.3. The quantitative estimate of drug-likeness (QED) is 0.509. The van der Waals surface area contributed by atoms with Crippen molar-refractivity contribution in [2.24, 2.45) is 0 Å². The summed E-state index contributed by atoms with van der Waals surface area (Å²) in [5.41, 5.74) is 0.870. The van der Waals surface area contributed by atoms with Crippen molar-refractivity contribution in [3.8, 4) is 0 Å². The smallest absolute Gasteiger partial charge is 0.224 e. The second-order valence-electron chi connectivity index (χ2n) is 7.23. The van der Waals surface area contributed by atoms with Gasteiger partial charge in [0.15, 0.2) is 9.84 Å². The normalized spacial score (nSPS) is 19.6. The summed E-state index contributed by atoms with van der Waals surface area (Å²) in [6.07, 6.45) is 2.27. The molecule has 1 saturated heterocycles. The number of anilines is 1. The van der Waals surface area contributed by atoms with E-state index in [0.29, 0.717) is 56.2 Å². The Kier molecular flexibility index (Phi) is 5.35. The van der Waals surface area contributed by atoms with E-state index in [4.69, 9.17) is 16.3 Å². The Hall–Kier alpha value is -2.03. The van der Waals surface area contributed by atoms with Crippen molar-refractivity contribution in [3.63, 3.8) is 0 Å². The number of benzene rings is 1. The third kappa shape index (κ3) is 3.65. The minimum Gasteiger partial charge on any atom is -0.378 e. The number of ether oxygens (including phenoxy) is 1. The fourth-order valence-electron chi connectivity index (χ4n) is 3.73. The van der Waals surface area contributed by atoms with Crippen LogP contribution in [0, 0.1) is 5.82 Å². The molecule has 1 saturated carbocycles. The van der Waals surface area contributed by atoms with E-state index >= 15 is 0 Å². The first-order valence-corrected chi connectivity index (χ1v) is 11.3. The maximum absolute atomic E-state index is 13.6. The van der Waals surface area contributed by atoms with Gasteiger partial charge in [0.2, 0.25) is 5.28 Å². The van der Waals surface area contributed by atoms with E-state index in [1.165, 1.54) is 30.3 Å². The third-order valence-corrected chi connectivity index (χ3v) is 8.49. The van der Waals surface area contributed by atoms with Crippen LogP contribution in [0.3, 0.4) is 0 Å². The molecule has 4 rings (SSSR count). The second kappa shape index (κ2) is 7.66. The summed E-state index contributed by atoms with van der Waals surface area (Å²) in [6, 6.07) is 7.16. The lowest BCUT2D eigenvalue weighted by Gasteiger charge is -2.29. The van der Waals surface area contributed by atoms with E-state index in [1.54, 1.807) is 6.07 Å². The summed E-state index contributed by atoms with van der Waals surface area (Å²) < 4.78 is 44.8. The predicted octanol–water partition coefficient (Wildman–Crippen LogP) is 3.44. The molecule has 1 aromatic heterocycles. The van der Waals surface area contributed by atoms with Crippen LogP contribution >= 0.6 is 11.6 Å². The van der Waals surface area contributed by atoms with Crippen molar-refractivity contribution >= 4 is 27.3 Å². The fourth-order valence-corrected chi connectivity index (χ4v) is 6.23. The maximum atomic E-state index is 13.6. The fraction of sp³-hybridized carbons (Fsp3) is 0.400. The minimum absolute atomic E-state index is 0.0161. The monoisotopic (exact) mass is 437 g/mol. The number of halogens is 2. The van der Waals surface area contributed by atoms with Gasteiger partial charge in [-0.05, 0) is 42.1 Å². The number of nitrogens with zero attached hydrogens (tertiary/aromatic N) is 3. The molecule has 0 N–H and O–H groups in total. The van der Waals surface area contributed by atoms with Gasteiger partial charge in [-0.3, -0.25) is 0 Å². The first-order chi connectivity index (χ1) is 13.9. The molecular weight excluding hydrogens is 417 g/mol. The van der Waals surface area contributed by atoms with Crippen LogP contribution in [0.4, 0.5) is 10.2 Å². The topological polar surface area (TPSA) is 72.4 Å². The van der Waals surface area contributed by atoms with Gasteiger partial charge < -0.3 is 9.64 Å². The minimum atomic E-state index is -3.76. The SMILES string of the molecule is C=CC(c1ccc(F)cc1)S(=O)(=O)C1(c2cc(N3CCOCC3)nc(Cl)n2)CC1. The highest BCUT2D eigenvalue weighted by atomic mass is 35.5. The summed E-state index contributed by atoms with van der Waals surface area (Å²) in [4.78, 5) is 10.6. The molecule has 0 bridgehead atoms. The van der Waals surface area contributed by atoms with Gasteiger partial charge in [-0.15, -0.1) is 6.58 Å². The zero-order valence-electron chi connectivity index (χ0n) is 15.7. The number of sulfone groups is 1. The Morgan fingerprint density at radius 1 is 1.21 bits per heavy atom. The summed E-state index contributed by atoms with van der Waals surface area (Å²) in [5, 5.41) is -0.950. The van der Waals surface area contributed by atoms with Crippen LogP contribution in [-0.4, -0.2) is 44.7 Å². The Balaban J connectivity index is 1.73. The molecule has 2 heterocycles. The highest BCUT2D eigenvalue weighted by molar-refractivity contribution is 7.93. The Labute approximate surface area is 174 Å². The van der Waals surface area contributed by atoms with Gasteiger partial charge in [-0.2, -0.15) is 0 Å². The van der Waals surface area contributed by atoms with E-state index in [0.717, 1.165) is 0 Å². The summed E-state index contributed by atoms with van der Waals surface area (Å²) in [6.45, 7) is 6.16. The summed E-state index contributed by atoms with van der Waals surface area (Å²) in [7, 11) is -3.76. The average molecular weight is 438 g/mol. The molecule has 1 aliphatic carbocycles. The first-order valence-electron chi connectivity index (χ1n) is 9.37. The molecule has 6 nitrogen and oxygen atoms in total. The lowest BCUT2D eigenvalue weighted by atomic mass is 10.1. The number of morpholine rings is 1. The molecule has 0 radical (unpaired) electrons. The molecule has 1 unspecified atom stereocenters. The number of hydrogen-bond donors (Lipinski definition) is 0. The summed E-state index contributed by atoms with van der Waals surface area (Å²) in [5.74, 6) is 0.176. The van der Waals surface area contributed by atoms with E-state index in [2.05, 4.69) is 16.5 Å². The summed E-state index contributed by atoms with van der Waals surface area (Å²) >= 11 is 6.16. The van der Waals surface area contributed by atoms with Crippen LogP contribution in [0.15, 0.2) is 43.0 Å². The molecule has 1 atom stereocenters. The molecule has 2 aromatic rings. The largest absolute Gasteiger partial charge is 0.378 e. The van der Waals surface area contributed by atoms with Gasteiger partial charge in [0.1, 0.15) is 21.6 Å². The lowest BCUT2D eigenvalue weighted by Crippen LogP contribution is -2.37. The van der Waals surface area contributed by atoms with Crippen molar-refractivity contribution < 1.29 is 17.5 Å². The Morgan fingerprint density at radius 2 is 1.86 bits per heavy atom. The molecule has 154 valence electrons. The molecule has 2 aliphatic rings. The standard InChI is InChI=1S/C20H21ClFN3O3S/c1-2-16(14-3-5-15(22)6-4-14)29(26,27)20(7-8-20)17-13-18(24-19(21)23-17)25-9-11-28-12-10-25/h2-6,13,16H,1,7-12H2. The van der Waals surface area contributed by atoms with Gasteiger partial charge in [0, 0.05) is 19.2 Å². The van der Waals surface area contributed by atoms with Crippen molar-refractivity contribution in [1.82, 2.24) is 9.97 Å². The number of hydrogen-bond acceptors (Lipinski definition) is 6. The molecule has 2 fully saturated rings. The van der Waals surface area contributed by atoms with Crippen LogP contribution in [0.1, 0.15) is 29.3 Å². The highest BCUT2D eigenvalue weighted by Gasteiger charge is 2.59. The van der Waals surface area contributed by atoms with Crippen LogP contribution in [0.5, 0.6) is 0 Å². The van der Waals surface area contributed by atoms with Crippen LogP contribution < -0.4 is 4.90 Å². The van der Waals surface area contributed by atoms with Gasteiger partial charge in [0.25, 0.3) is 0 Å². The van der Waals surface area contributed by atoms with Crippen molar-refractivity contribution in [3.05, 3.63) is 65.3 Å². The van der Waals surface area contributed by atoms with E-state index < -0.39 is 25.7 Å². The number of rotatable bonds is 6. The van der Waals surface area contributed by atoms with Crippen LogP contribution in [0.25, 0.3) is 0 Å². The van der Waals surface area contributed by atoms with Crippen molar-refractivity contribution in [2.75, 3.05) is 31.2 Å². The Morgan fingerprint density at radius 3 is 2.45 bits per heavy atom. The van der Waals surface area contributed by atoms with Crippen molar-refractivity contribution in [2.45, 2.75) is 22.8 Å². The van der Waals surface area contributed by atoms with E-state index in [9.17, 15) is 12.8 Å². The molecule has 9 heteroatoms. The van der Waals surface area contributed by atoms with Crippen LogP contribution in [-0.2, 0) is 19.3 Å². The molecule has 0 amide bonds. The van der Waals surface area contributed by atoms with E-state index in [-0.39, 0.29) is 5.28 Å². The molecular formula is C20H21ClFN3O3S. The lowest BCUT2D eigenvalue weighted by molar-refractivity contribution is 0.122. The number of aromatic nitrogens is 2. The molecule has 0 spiro atoms. The predicted molar refractivity (Wildman–Crippen MR) is 109 cm³/mol. The van der Waals surface area contributed by atoms with Gasteiger partial charge in [0.05, 0.1) is 18.9 Å². The van der Waals surface area contributed by atoms with Crippen LogP contribution in [0.2, 0.25) is 5.28 Å². The molecule has 29 heavy (non-hydrogen) atoms. The van der Waals surface area contributed by atoms with E-state index in [1.807, 2.05) is 4.90 Å². The van der Waals surface area contributed by atoms with Crippen molar-refractivity contribution in [1.29, 1.82) is 0 Å². The highest BCUT2D eigenvalue weighted by Crippen LogP contribution is 2.56. The third-order valence-electron chi connectivity index (χ3n) is 5.48. The Bertz CT molecular complexity index is 1020. The average Bonchev–Trinajstić information content (AvgIpc) is 3.53. The molecule has 1 aliphatic heterocycles. The van der Waals surface area contributed by atoms with Gasteiger partial charge in [-0.25, -0.2) is 22.8 Å². The molecule has 1 aromatic carbocycles.